The number of thiol groups is 1. The molecule has 0 bridgehead atoms. The van der Waals surface area contributed by atoms with E-state index in [0.717, 1.165) is 80.2 Å². The average Bonchev–Trinajstić information content (AvgIpc) is 3.05. The van der Waals surface area contributed by atoms with Gasteiger partial charge in [0, 0.05) is 29.1 Å². The van der Waals surface area contributed by atoms with E-state index in [1.807, 2.05) is 18.2 Å². The van der Waals surface area contributed by atoms with E-state index in [2.05, 4.69) is 55.7 Å². The van der Waals surface area contributed by atoms with Crippen LogP contribution in [0.3, 0.4) is 0 Å². The highest BCUT2D eigenvalue weighted by Crippen LogP contribution is 2.44. The van der Waals surface area contributed by atoms with Gasteiger partial charge < -0.3 is 15.4 Å². The number of aryl methyl sites for hydroxylation is 1. The number of hydrogen-bond acceptors (Lipinski definition) is 4. The molecule has 6 heteroatoms. The standard InChI is InChI=1S/C31H41ClN2O2S/c1-3-23(8-5-4-7-22(2)19-37)14-16-34-20-31(15-6-9-24-17-26(32)11-12-27(24)31)21-36-29-13-10-25(30(33)35)18-28(29)34/h4-5,10-13,17-18,22-23,37H,3,6-9,14-16,19-21H2,1-2H3,(H2,33,35)/b5-4+/t22-,23-,31-/m0/s1. The molecule has 2 aromatic rings. The van der Waals surface area contributed by atoms with E-state index >= 15 is 0 Å². The molecule has 200 valence electrons. The molecule has 4 nitrogen and oxygen atoms in total. The van der Waals surface area contributed by atoms with Gasteiger partial charge >= 0.3 is 0 Å². The summed E-state index contributed by atoms with van der Waals surface area (Å²) in [5.74, 6) is 2.55. The van der Waals surface area contributed by atoms with Crippen LogP contribution >= 0.6 is 24.2 Å². The van der Waals surface area contributed by atoms with Gasteiger partial charge in [0.05, 0.1) is 12.3 Å². The van der Waals surface area contributed by atoms with Crippen molar-refractivity contribution in [3.8, 4) is 5.75 Å². The third-order valence-corrected chi connectivity index (χ3v) is 9.05. The van der Waals surface area contributed by atoms with Gasteiger partial charge in [-0.1, -0.05) is 50.1 Å². The van der Waals surface area contributed by atoms with Gasteiger partial charge in [0.1, 0.15) is 5.75 Å². The van der Waals surface area contributed by atoms with Crippen LogP contribution in [0.25, 0.3) is 0 Å². The molecule has 0 radical (unpaired) electrons. The van der Waals surface area contributed by atoms with Crippen molar-refractivity contribution in [1.29, 1.82) is 0 Å². The highest BCUT2D eigenvalue weighted by molar-refractivity contribution is 7.80. The van der Waals surface area contributed by atoms with Crippen molar-refractivity contribution in [3.05, 3.63) is 70.3 Å². The number of rotatable bonds is 10. The number of carbonyl (C=O) groups excluding carboxylic acids is 1. The Morgan fingerprint density at radius 2 is 2.05 bits per heavy atom. The van der Waals surface area contributed by atoms with Gasteiger partial charge in [-0.2, -0.15) is 12.6 Å². The summed E-state index contributed by atoms with van der Waals surface area (Å²) in [6, 6.07) is 11.9. The Kier molecular flexibility index (Phi) is 9.52. The fourth-order valence-electron chi connectivity index (χ4n) is 5.82. The van der Waals surface area contributed by atoms with E-state index in [9.17, 15) is 4.79 Å². The van der Waals surface area contributed by atoms with Crippen LogP contribution < -0.4 is 15.4 Å². The minimum atomic E-state index is -0.411. The van der Waals surface area contributed by atoms with E-state index in [1.165, 1.54) is 11.1 Å². The van der Waals surface area contributed by atoms with E-state index in [0.29, 0.717) is 24.0 Å². The van der Waals surface area contributed by atoms with Crippen LogP contribution in [-0.2, 0) is 11.8 Å². The van der Waals surface area contributed by atoms with Gasteiger partial charge in [0.15, 0.2) is 0 Å². The molecule has 0 unspecified atom stereocenters. The summed E-state index contributed by atoms with van der Waals surface area (Å²) in [5.41, 5.74) is 9.73. The maximum absolute atomic E-state index is 12.0. The maximum atomic E-state index is 12.0. The average molecular weight is 541 g/mol. The number of anilines is 1. The summed E-state index contributed by atoms with van der Waals surface area (Å²) >= 11 is 10.8. The minimum absolute atomic E-state index is 0.116. The quantitative estimate of drug-likeness (QED) is 0.247. The zero-order valence-electron chi connectivity index (χ0n) is 22.2. The van der Waals surface area contributed by atoms with Crippen LogP contribution in [0, 0.1) is 11.8 Å². The lowest BCUT2D eigenvalue weighted by atomic mass is 9.70. The summed E-state index contributed by atoms with van der Waals surface area (Å²) in [4.78, 5) is 14.5. The van der Waals surface area contributed by atoms with Gasteiger partial charge in [0.2, 0.25) is 5.91 Å². The molecule has 4 rings (SSSR count). The molecule has 1 amide bonds. The van der Waals surface area contributed by atoms with E-state index in [1.54, 1.807) is 6.07 Å². The van der Waals surface area contributed by atoms with Crippen molar-refractivity contribution in [2.75, 3.05) is 30.3 Å². The van der Waals surface area contributed by atoms with Crippen molar-refractivity contribution in [2.24, 2.45) is 17.6 Å². The second-order valence-corrected chi connectivity index (χ2v) is 11.8. The monoisotopic (exact) mass is 540 g/mol. The third kappa shape index (κ3) is 6.67. The highest BCUT2D eigenvalue weighted by Gasteiger charge is 2.41. The van der Waals surface area contributed by atoms with Gasteiger partial charge in [-0.15, -0.1) is 0 Å². The van der Waals surface area contributed by atoms with Gasteiger partial charge in [-0.25, -0.2) is 0 Å². The summed E-state index contributed by atoms with van der Waals surface area (Å²) in [7, 11) is 0. The Labute approximate surface area is 233 Å². The Balaban J connectivity index is 1.60. The Morgan fingerprint density at radius 3 is 2.81 bits per heavy atom. The summed E-state index contributed by atoms with van der Waals surface area (Å²) in [5, 5.41) is 0.791. The molecular weight excluding hydrogens is 500 g/mol. The van der Waals surface area contributed by atoms with Gasteiger partial charge in [-0.3, -0.25) is 4.79 Å². The number of hydrogen-bond donors (Lipinski definition) is 2. The summed E-state index contributed by atoms with van der Waals surface area (Å²) in [6.45, 7) is 6.89. The third-order valence-electron chi connectivity index (χ3n) is 8.19. The Morgan fingerprint density at radius 1 is 1.24 bits per heavy atom. The van der Waals surface area contributed by atoms with E-state index in [-0.39, 0.29) is 5.41 Å². The maximum Gasteiger partial charge on any atom is 0.248 e. The highest BCUT2D eigenvalue weighted by atomic mass is 35.5. The predicted molar refractivity (Wildman–Crippen MR) is 159 cm³/mol. The number of primary amides is 1. The molecule has 0 saturated heterocycles. The zero-order valence-corrected chi connectivity index (χ0v) is 23.9. The molecular formula is C31H41ClN2O2S. The number of ether oxygens (including phenoxy) is 1. The molecule has 1 spiro atoms. The zero-order chi connectivity index (χ0) is 26.4. The van der Waals surface area contributed by atoms with Crippen LogP contribution in [0.5, 0.6) is 5.75 Å². The predicted octanol–water partition coefficient (Wildman–Crippen LogP) is 7.23. The van der Waals surface area contributed by atoms with Gasteiger partial charge in [0.25, 0.3) is 0 Å². The molecule has 1 heterocycles. The molecule has 2 aromatic carbocycles. The topological polar surface area (TPSA) is 55.6 Å². The number of benzene rings is 2. The molecule has 2 N–H and O–H groups in total. The number of allylic oxidation sites excluding steroid dienone is 2. The Hall–Kier alpha value is -2.11. The Bertz CT molecular complexity index is 1120. The van der Waals surface area contributed by atoms with Crippen molar-refractivity contribution in [1.82, 2.24) is 0 Å². The molecule has 1 aliphatic carbocycles. The number of nitrogens with two attached hydrogens (primary N) is 1. The number of amides is 1. The first-order chi connectivity index (χ1) is 17.8. The molecule has 3 atom stereocenters. The van der Waals surface area contributed by atoms with Crippen molar-refractivity contribution in [2.45, 2.75) is 64.2 Å². The normalized spacial score (nSPS) is 20.7. The number of fused-ring (bicyclic) bond motifs is 3. The fraction of sp³-hybridized carbons (Fsp3) is 0.516. The first-order valence-corrected chi connectivity index (χ1v) is 14.7. The van der Waals surface area contributed by atoms with Crippen molar-refractivity contribution >= 4 is 35.8 Å². The lowest BCUT2D eigenvalue weighted by Gasteiger charge is -2.41. The lowest BCUT2D eigenvalue weighted by Crippen LogP contribution is -2.46. The molecule has 0 fully saturated rings. The first kappa shape index (κ1) is 27.9. The molecule has 2 aliphatic rings. The number of carbonyl (C=O) groups is 1. The number of halogens is 1. The smallest absolute Gasteiger partial charge is 0.248 e. The number of nitrogens with zero attached hydrogens (tertiary/aromatic N) is 1. The van der Waals surface area contributed by atoms with E-state index in [4.69, 9.17) is 22.1 Å². The van der Waals surface area contributed by atoms with Crippen LogP contribution in [0.4, 0.5) is 5.69 Å². The molecule has 1 aliphatic heterocycles. The van der Waals surface area contributed by atoms with Gasteiger partial charge in [-0.05, 0) is 97.6 Å². The minimum Gasteiger partial charge on any atom is -0.490 e. The molecule has 37 heavy (non-hydrogen) atoms. The second-order valence-electron chi connectivity index (χ2n) is 11.0. The largest absolute Gasteiger partial charge is 0.490 e. The fourth-order valence-corrected chi connectivity index (χ4v) is 6.17. The summed E-state index contributed by atoms with van der Waals surface area (Å²) < 4.78 is 6.50. The second kappa shape index (κ2) is 12.6. The van der Waals surface area contributed by atoms with Crippen LogP contribution in [0.15, 0.2) is 48.6 Å². The van der Waals surface area contributed by atoms with E-state index < -0.39 is 5.91 Å². The summed E-state index contributed by atoms with van der Waals surface area (Å²) in [6.07, 6.45) is 12.3. The lowest BCUT2D eigenvalue weighted by molar-refractivity contribution is 0.100. The van der Waals surface area contributed by atoms with Crippen molar-refractivity contribution in [3.63, 3.8) is 0 Å². The first-order valence-electron chi connectivity index (χ1n) is 13.7. The van der Waals surface area contributed by atoms with Crippen LogP contribution in [0.2, 0.25) is 5.02 Å². The SMILES string of the molecule is CC[C@@H](C/C=C/C[C@H](C)CS)CCN1C[C@@]2(CCCc3cc(Cl)ccc32)COc2ccc(C(N)=O)cc21. The molecule has 0 saturated carbocycles. The van der Waals surface area contributed by atoms with Crippen LogP contribution in [0.1, 0.15) is 73.9 Å². The van der Waals surface area contributed by atoms with Crippen LogP contribution in [-0.4, -0.2) is 31.4 Å². The molecule has 0 aromatic heterocycles. The van der Waals surface area contributed by atoms with Crippen molar-refractivity contribution < 1.29 is 9.53 Å².